The fraction of sp³-hybridized carbons (Fsp3) is 0.400. The van der Waals surface area contributed by atoms with E-state index < -0.39 is 0 Å². The van der Waals surface area contributed by atoms with Crippen molar-refractivity contribution in [2.45, 2.75) is 12.8 Å². The van der Waals surface area contributed by atoms with Gasteiger partial charge in [-0.2, -0.15) is 0 Å². The molecule has 0 radical (unpaired) electrons. The van der Waals surface area contributed by atoms with E-state index in [1.807, 2.05) is 0 Å². The Morgan fingerprint density at radius 2 is 2.21 bits per heavy atom. The van der Waals surface area contributed by atoms with E-state index in [-0.39, 0.29) is 0 Å². The molecule has 1 aromatic heterocycles. The van der Waals surface area contributed by atoms with E-state index in [1.54, 1.807) is 6.20 Å². The van der Waals surface area contributed by atoms with Crippen molar-refractivity contribution < 1.29 is 4.42 Å². The fourth-order valence-corrected chi connectivity index (χ4v) is 2.47. The van der Waals surface area contributed by atoms with Crippen LogP contribution in [-0.2, 0) is 0 Å². The third-order valence-corrected chi connectivity index (χ3v) is 3.60. The van der Waals surface area contributed by atoms with Crippen LogP contribution < -0.4 is 10.6 Å². The number of hydrogen-bond donors (Lipinski definition) is 2. The van der Waals surface area contributed by atoms with Crippen LogP contribution in [0.4, 0.5) is 5.69 Å². The molecule has 1 aliphatic rings. The first kappa shape index (κ1) is 12.2. The van der Waals surface area contributed by atoms with Crippen molar-refractivity contribution in [2.24, 2.45) is 5.92 Å². The van der Waals surface area contributed by atoms with Crippen LogP contribution in [0.25, 0.3) is 11.3 Å². The molecule has 1 fully saturated rings. The van der Waals surface area contributed by atoms with E-state index >= 15 is 0 Å². The second kappa shape index (κ2) is 5.89. The Morgan fingerprint density at radius 3 is 2.89 bits per heavy atom. The molecular weight excluding hydrogens is 238 g/mol. The Kier molecular flexibility index (Phi) is 3.79. The molecule has 4 nitrogen and oxygen atoms in total. The molecule has 3 rings (SSSR count). The van der Waals surface area contributed by atoms with Crippen LogP contribution >= 0.6 is 0 Å². The van der Waals surface area contributed by atoms with Crippen LogP contribution in [0, 0.1) is 5.92 Å². The first-order valence-electron chi connectivity index (χ1n) is 6.85. The summed E-state index contributed by atoms with van der Waals surface area (Å²) in [7, 11) is 0. The molecule has 1 saturated heterocycles. The van der Waals surface area contributed by atoms with E-state index in [1.165, 1.54) is 25.8 Å². The Morgan fingerprint density at radius 1 is 1.32 bits per heavy atom. The van der Waals surface area contributed by atoms with Gasteiger partial charge < -0.3 is 15.1 Å². The molecule has 100 valence electrons. The Labute approximate surface area is 113 Å². The van der Waals surface area contributed by atoms with Gasteiger partial charge in [-0.3, -0.25) is 0 Å². The third kappa shape index (κ3) is 3.15. The highest BCUT2D eigenvalue weighted by Crippen LogP contribution is 2.21. The van der Waals surface area contributed by atoms with Crippen LogP contribution in [0.2, 0.25) is 0 Å². The van der Waals surface area contributed by atoms with E-state index in [9.17, 15) is 0 Å². The minimum Gasteiger partial charge on any atom is -0.444 e. The van der Waals surface area contributed by atoms with Crippen molar-refractivity contribution in [3.05, 3.63) is 36.9 Å². The quantitative estimate of drug-likeness (QED) is 0.884. The molecule has 19 heavy (non-hydrogen) atoms. The molecule has 1 atom stereocenters. The Balaban J connectivity index is 1.57. The maximum absolute atomic E-state index is 5.27. The van der Waals surface area contributed by atoms with Crippen LogP contribution in [0.5, 0.6) is 0 Å². The first-order valence-corrected chi connectivity index (χ1v) is 6.85. The van der Waals surface area contributed by atoms with E-state index in [0.29, 0.717) is 0 Å². The predicted octanol–water partition coefficient (Wildman–Crippen LogP) is 2.75. The Hall–Kier alpha value is -1.81. The Bertz CT molecular complexity index is 487. The van der Waals surface area contributed by atoms with Gasteiger partial charge in [-0.25, -0.2) is 4.98 Å². The number of anilines is 1. The second-order valence-corrected chi connectivity index (χ2v) is 5.04. The number of nitrogens with zero attached hydrogens (tertiary/aromatic N) is 1. The number of benzene rings is 1. The van der Waals surface area contributed by atoms with Crippen LogP contribution in [-0.4, -0.2) is 24.6 Å². The fourth-order valence-electron chi connectivity index (χ4n) is 2.47. The zero-order valence-corrected chi connectivity index (χ0v) is 10.9. The first-order chi connectivity index (χ1) is 9.42. The van der Waals surface area contributed by atoms with Crippen molar-refractivity contribution >= 4 is 5.69 Å². The standard InChI is InChI=1S/C15H19N3O/c1-2-12(8-16-7-1)9-18-14-5-3-13(4-6-14)15-10-17-11-19-15/h3-6,10-12,16,18H,1-2,7-9H2. The smallest absolute Gasteiger partial charge is 0.181 e. The maximum Gasteiger partial charge on any atom is 0.181 e. The van der Waals surface area contributed by atoms with Gasteiger partial charge in [0.05, 0.1) is 6.20 Å². The van der Waals surface area contributed by atoms with E-state index in [2.05, 4.69) is 39.9 Å². The summed E-state index contributed by atoms with van der Waals surface area (Å²) >= 11 is 0. The topological polar surface area (TPSA) is 50.1 Å². The van der Waals surface area contributed by atoms with Crippen molar-refractivity contribution in [3.8, 4) is 11.3 Å². The molecule has 2 N–H and O–H groups in total. The van der Waals surface area contributed by atoms with Gasteiger partial charge >= 0.3 is 0 Å². The summed E-state index contributed by atoms with van der Waals surface area (Å²) in [6.45, 7) is 3.33. The van der Waals surface area contributed by atoms with Crippen LogP contribution in [0.3, 0.4) is 0 Å². The van der Waals surface area contributed by atoms with Gasteiger partial charge in [-0.1, -0.05) is 0 Å². The molecule has 0 bridgehead atoms. The number of piperidine rings is 1. The summed E-state index contributed by atoms with van der Waals surface area (Å²) in [5.74, 6) is 1.55. The zero-order valence-electron chi connectivity index (χ0n) is 10.9. The molecular formula is C15H19N3O. The number of rotatable bonds is 4. The van der Waals surface area contributed by atoms with Gasteiger partial charge in [-0.15, -0.1) is 0 Å². The monoisotopic (exact) mass is 257 g/mol. The lowest BCUT2D eigenvalue weighted by Gasteiger charge is -2.23. The highest BCUT2D eigenvalue weighted by Gasteiger charge is 2.12. The molecule has 0 aliphatic carbocycles. The summed E-state index contributed by atoms with van der Waals surface area (Å²) in [6, 6.07) is 8.30. The van der Waals surface area contributed by atoms with Gasteiger partial charge in [-0.05, 0) is 56.1 Å². The average Bonchev–Trinajstić information content (AvgIpc) is 3.01. The summed E-state index contributed by atoms with van der Waals surface area (Å²) in [5, 5.41) is 6.94. The van der Waals surface area contributed by atoms with E-state index in [0.717, 1.165) is 36.0 Å². The summed E-state index contributed by atoms with van der Waals surface area (Å²) < 4.78 is 5.27. The molecule has 0 amide bonds. The molecule has 1 aromatic carbocycles. The van der Waals surface area contributed by atoms with Crippen LogP contribution in [0.15, 0.2) is 41.3 Å². The minimum atomic E-state index is 0.739. The van der Waals surface area contributed by atoms with Crippen LogP contribution in [0.1, 0.15) is 12.8 Å². The predicted molar refractivity (Wildman–Crippen MR) is 76.0 cm³/mol. The average molecular weight is 257 g/mol. The van der Waals surface area contributed by atoms with Crippen molar-refractivity contribution in [1.29, 1.82) is 0 Å². The third-order valence-electron chi connectivity index (χ3n) is 3.60. The molecule has 0 saturated carbocycles. The number of hydrogen-bond acceptors (Lipinski definition) is 4. The normalized spacial score (nSPS) is 19.3. The highest BCUT2D eigenvalue weighted by molar-refractivity contribution is 5.60. The highest BCUT2D eigenvalue weighted by atomic mass is 16.3. The molecule has 2 aromatic rings. The summed E-state index contributed by atoms with van der Waals surface area (Å²) in [4.78, 5) is 3.93. The molecule has 0 spiro atoms. The lowest BCUT2D eigenvalue weighted by molar-refractivity contribution is 0.393. The van der Waals surface area contributed by atoms with E-state index in [4.69, 9.17) is 4.42 Å². The summed E-state index contributed by atoms with van der Waals surface area (Å²) in [5.41, 5.74) is 2.22. The zero-order chi connectivity index (χ0) is 12.9. The van der Waals surface area contributed by atoms with Crippen molar-refractivity contribution in [3.63, 3.8) is 0 Å². The number of oxazole rings is 1. The molecule has 2 heterocycles. The van der Waals surface area contributed by atoms with Gasteiger partial charge in [0.15, 0.2) is 12.2 Å². The molecule has 4 heteroatoms. The van der Waals surface area contributed by atoms with Gasteiger partial charge in [0.2, 0.25) is 0 Å². The van der Waals surface area contributed by atoms with Crippen molar-refractivity contribution in [2.75, 3.05) is 25.0 Å². The second-order valence-electron chi connectivity index (χ2n) is 5.04. The number of nitrogens with one attached hydrogen (secondary N) is 2. The maximum atomic E-state index is 5.27. The van der Waals surface area contributed by atoms with Gasteiger partial charge in [0.25, 0.3) is 0 Å². The number of aromatic nitrogens is 1. The SMILES string of the molecule is c1ncc(-c2ccc(NCC3CCCNC3)cc2)o1. The minimum absolute atomic E-state index is 0.739. The lowest BCUT2D eigenvalue weighted by Crippen LogP contribution is -2.33. The van der Waals surface area contributed by atoms with Crippen molar-refractivity contribution in [1.82, 2.24) is 10.3 Å². The molecule has 1 aliphatic heterocycles. The van der Waals surface area contributed by atoms with Gasteiger partial charge in [0.1, 0.15) is 0 Å². The lowest BCUT2D eigenvalue weighted by atomic mass is 10.00. The summed E-state index contributed by atoms with van der Waals surface area (Å²) in [6.07, 6.45) is 5.79. The molecule has 1 unspecified atom stereocenters. The van der Waals surface area contributed by atoms with Gasteiger partial charge in [0, 0.05) is 17.8 Å². The largest absolute Gasteiger partial charge is 0.444 e.